The van der Waals surface area contributed by atoms with Gasteiger partial charge in [-0.2, -0.15) is 0 Å². The van der Waals surface area contributed by atoms with Gasteiger partial charge in [0.2, 0.25) is 0 Å². The molecule has 0 N–H and O–H groups in total. The molecule has 13 heavy (non-hydrogen) atoms. The largest absolute Gasteiger partial charge is 0.206 e. The van der Waals surface area contributed by atoms with Crippen molar-refractivity contribution in [3.8, 4) is 0 Å². The van der Waals surface area contributed by atoms with E-state index in [0.29, 0.717) is 5.56 Å². The van der Waals surface area contributed by atoms with Crippen LogP contribution in [0.5, 0.6) is 0 Å². The quantitative estimate of drug-likeness (QED) is 0.658. The summed E-state index contributed by atoms with van der Waals surface area (Å²) in [7, 11) is 0. The zero-order chi connectivity index (χ0) is 9.84. The first-order chi connectivity index (χ1) is 6.20. The molecule has 0 unspecified atom stereocenters. The predicted octanol–water partition coefficient (Wildman–Crippen LogP) is 3.60. The van der Waals surface area contributed by atoms with Gasteiger partial charge in [0.1, 0.15) is 5.82 Å². The van der Waals surface area contributed by atoms with Gasteiger partial charge in [0.05, 0.1) is 0 Å². The van der Waals surface area contributed by atoms with Gasteiger partial charge in [0.25, 0.3) is 0 Å². The molecule has 1 aromatic carbocycles. The summed E-state index contributed by atoms with van der Waals surface area (Å²) in [6.07, 6.45) is 3.24. The summed E-state index contributed by atoms with van der Waals surface area (Å²) in [6.45, 7) is 9.13. The fourth-order valence-electron chi connectivity index (χ4n) is 1.20. The highest BCUT2D eigenvalue weighted by molar-refractivity contribution is 5.58. The van der Waals surface area contributed by atoms with E-state index in [4.69, 9.17) is 0 Å². The van der Waals surface area contributed by atoms with E-state index in [9.17, 15) is 4.39 Å². The van der Waals surface area contributed by atoms with Crippen LogP contribution in [0.1, 0.15) is 18.1 Å². The van der Waals surface area contributed by atoms with Gasteiger partial charge in [0, 0.05) is 11.5 Å². The second kappa shape index (κ2) is 4.04. The lowest BCUT2D eigenvalue weighted by Crippen LogP contribution is -1.96. The molecule has 0 atom stereocenters. The third-order valence-corrected chi connectivity index (χ3v) is 1.99. The van der Waals surface area contributed by atoms with Crippen molar-refractivity contribution in [1.82, 2.24) is 0 Å². The lowest BCUT2D eigenvalue weighted by atomic mass is 9.95. The molecule has 67 valence electrons. The van der Waals surface area contributed by atoms with Gasteiger partial charge in [-0.3, -0.25) is 0 Å². The van der Waals surface area contributed by atoms with E-state index >= 15 is 0 Å². The summed E-state index contributed by atoms with van der Waals surface area (Å²) in [4.78, 5) is 0. The average molecular weight is 175 g/mol. The minimum absolute atomic E-state index is 0.242. The molecule has 0 aliphatic rings. The molecular weight excluding hydrogens is 163 g/mol. The summed E-state index contributed by atoms with van der Waals surface area (Å²) in [5, 5.41) is 0. The van der Waals surface area contributed by atoms with E-state index in [0.717, 1.165) is 11.5 Å². The summed E-state index contributed by atoms with van der Waals surface area (Å²) in [5.41, 5.74) is 1.39. The maximum Gasteiger partial charge on any atom is 0.130 e. The van der Waals surface area contributed by atoms with Crippen molar-refractivity contribution in [2.75, 3.05) is 0 Å². The standard InChI is InChI=1S/C12H12F/c1-4-9(3)11-7-6-8-12(13)10(11)5-2/h4-8H,1-2H2,3H3. The summed E-state index contributed by atoms with van der Waals surface area (Å²) in [6, 6.07) is 4.97. The maximum atomic E-state index is 13.2. The van der Waals surface area contributed by atoms with Crippen LogP contribution in [0.2, 0.25) is 0 Å². The van der Waals surface area contributed by atoms with Crippen LogP contribution >= 0.6 is 0 Å². The third-order valence-electron chi connectivity index (χ3n) is 1.99. The number of benzene rings is 1. The van der Waals surface area contributed by atoms with E-state index in [-0.39, 0.29) is 5.82 Å². The van der Waals surface area contributed by atoms with Gasteiger partial charge in [-0.25, -0.2) is 4.39 Å². The molecule has 0 saturated carbocycles. The van der Waals surface area contributed by atoms with Crippen LogP contribution in [0, 0.1) is 11.7 Å². The van der Waals surface area contributed by atoms with Crippen molar-refractivity contribution in [3.05, 3.63) is 60.3 Å². The highest BCUT2D eigenvalue weighted by Gasteiger charge is 2.09. The highest BCUT2D eigenvalue weighted by atomic mass is 19.1. The molecule has 1 radical (unpaired) electrons. The van der Waals surface area contributed by atoms with Gasteiger partial charge < -0.3 is 0 Å². The Bertz CT molecular complexity index is 326. The fraction of sp³-hybridized carbons (Fsp3) is 0.0833. The molecule has 0 aromatic heterocycles. The SMILES string of the molecule is C=C[C](C)c1cccc(F)c1C=C. The number of halogens is 1. The molecule has 1 heteroatoms. The normalized spacial score (nSPS) is 10.1. The van der Waals surface area contributed by atoms with E-state index < -0.39 is 0 Å². The van der Waals surface area contributed by atoms with Gasteiger partial charge in [-0.1, -0.05) is 37.8 Å². The van der Waals surface area contributed by atoms with E-state index in [2.05, 4.69) is 13.2 Å². The van der Waals surface area contributed by atoms with E-state index in [1.165, 1.54) is 12.1 Å². The number of hydrogen-bond acceptors (Lipinski definition) is 0. The summed E-state index contributed by atoms with van der Waals surface area (Å²) >= 11 is 0. The number of allylic oxidation sites excluding steroid dienone is 1. The summed E-state index contributed by atoms with van der Waals surface area (Å²) in [5.74, 6) is 0.711. The predicted molar refractivity (Wildman–Crippen MR) is 54.7 cm³/mol. The second-order valence-corrected chi connectivity index (χ2v) is 2.79. The Morgan fingerprint density at radius 1 is 1.38 bits per heavy atom. The summed E-state index contributed by atoms with van der Waals surface area (Å²) < 4.78 is 13.2. The smallest absolute Gasteiger partial charge is 0.130 e. The van der Waals surface area contributed by atoms with Crippen LogP contribution in [0.25, 0.3) is 6.08 Å². The average Bonchev–Trinajstić information content (AvgIpc) is 2.16. The molecule has 0 aliphatic carbocycles. The first-order valence-corrected chi connectivity index (χ1v) is 4.08. The lowest BCUT2D eigenvalue weighted by molar-refractivity contribution is 0.623. The first kappa shape index (κ1) is 9.72. The molecule has 0 fully saturated rings. The van der Waals surface area contributed by atoms with Crippen LogP contribution in [0.4, 0.5) is 4.39 Å². The van der Waals surface area contributed by atoms with E-state index in [1.54, 1.807) is 12.1 Å². The Labute approximate surface area is 78.4 Å². The Morgan fingerprint density at radius 3 is 2.62 bits per heavy atom. The molecule has 0 nitrogen and oxygen atoms in total. The Morgan fingerprint density at radius 2 is 2.08 bits per heavy atom. The van der Waals surface area contributed by atoms with Gasteiger partial charge in [-0.15, -0.1) is 6.58 Å². The fourth-order valence-corrected chi connectivity index (χ4v) is 1.20. The highest BCUT2D eigenvalue weighted by Crippen LogP contribution is 2.22. The zero-order valence-electron chi connectivity index (χ0n) is 7.68. The lowest BCUT2D eigenvalue weighted by Gasteiger charge is -2.09. The van der Waals surface area contributed by atoms with Gasteiger partial charge >= 0.3 is 0 Å². The monoisotopic (exact) mass is 175 g/mol. The molecule has 0 spiro atoms. The van der Waals surface area contributed by atoms with Crippen LogP contribution in [-0.2, 0) is 0 Å². The molecule has 1 rings (SSSR count). The van der Waals surface area contributed by atoms with Gasteiger partial charge in [0.15, 0.2) is 0 Å². The van der Waals surface area contributed by atoms with Gasteiger partial charge in [-0.05, 0) is 11.6 Å². The number of hydrogen-bond donors (Lipinski definition) is 0. The Balaban J connectivity index is 3.27. The van der Waals surface area contributed by atoms with Crippen molar-refractivity contribution in [2.45, 2.75) is 6.92 Å². The minimum atomic E-state index is -0.242. The number of rotatable bonds is 3. The van der Waals surface area contributed by atoms with Crippen LogP contribution in [-0.4, -0.2) is 0 Å². The topological polar surface area (TPSA) is 0 Å². The van der Waals surface area contributed by atoms with Crippen LogP contribution < -0.4 is 0 Å². The molecule has 0 bridgehead atoms. The Hall–Kier alpha value is -1.37. The maximum absolute atomic E-state index is 13.2. The molecule has 1 aromatic rings. The zero-order valence-corrected chi connectivity index (χ0v) is 7.68. The van der Waals surface area contributed by atoms with Crippen molar-refractivity contribution >= 4 is 6.08 Å². The minimum Gasteiger partial charge on any atom is -0.206 e. The van der Waals surface area contributed by atoms with Crippen LogP contribution in [0.3, 0.4) is 0 Å². The van der Waals surface area contributed by atoms with Crippen molar-refractivity contribution < 1.29 is 4.39 Å². The third kappa shape index (κ3) is 1.86. The van der Waals surface area contributed by atoms with Crippen molar-refractivity contribution in [2.24, 2.45) is 0 Å². The van der Waals surface area contributed by atoms with Crippen molar-refractivity contribution in [1.29, 1.82) is 0 Å². The van der Waals surface area contributed by atoms with Crippen molar-refractivity contribution in [3.63, 3.8) is 0 Å². The van der Waals surface area contributed by atoms with E-state index in [1.807, 2.05) is 13.0 Å². The van der Waals surface area contributed by atoms with Crippen LogP contribution in [0.15, 0.2) is 37.4 Å². The molecule has 0 saturated heterocycles. The Kier molecular flexibility index (Phi) is 3.02. The first-order valence-electron chi connectivity index (χ1n) is 4.08. The molecular formula is C12H12F. The second-order valence-electron chi connectivity index (χ2n) is 2.79. The molecule has 0 amide bonds. The molecule has 0 aliphatic heterocycles. The molecule has 0 heterocycles.